The standard InChI is InChI=1S/C11H15NO3/c1-14-5-6-15-11-4-2-3-10(7-11)8-12-9-13/h2-4,7,9H,5-6,8H2,1H3,(H,12,13). The van der Waals surface area contributed by atoms with Gasteiger partial charge in [-0.1, -0.05) is 12.1 Å². The summed E-state index contributed by atoms with van der Waals surface area (Å²) in [4.78, 5) is 10.1. The van der Waals surface area contributed by atoms with Crippen molar-refractivity contribution in [3.8, 4) is 5.75 Å². The van der Waals surface area contributed by atoms with E-state index in [2.05, 4.69) is 5.32 Å². The van der Waals surface area contributed by atoms with Gasteiger partial charge in [0.2, 0.25) is 6.41 Å². The second-order valence-corrected chi connectivity index (χ2v) is 2.99. The molecule has 1 N–H and O–H groups in total. The Kier molecular flexibility index (Phi) is 5.25. The molecule has 1 amide bonds. The summed E-state index contributed by atoms with van der Waals surface area (Å²) in [7, 11) is 1.63. The van der Waals surface area contributed by atoms with Gasteiger partial charge >= 0.3 is 0 Å². The van der Waals surface area contributed by atoms with Crippen molar-refractivity contribution in [1.29, 1.82) is 0 Å². The average Bonchev–Trinajstić information content (AvgIpc) is 2.27. The first-order chi connectivity index (χ1) is 7.36. The summed E-state index contributed by atoms with van der Waals surface area (Å²) < 4.78 is 10.3. The molecular weight excluding hydrogens is 194 g/mol. The zero-order chi connectivity index (χ0) is 10.9. The van der Waals surface area contributed by atoms with Crippen LogP contribution in [-0.2, 0) is 16.1 Å². The molecule has 0 fully saturated rings. The van der Waals surface area contributed by atoms with Crippen molar-refractivity contribution >= 4 is 6.41 Å². The van der Waals surface area contributed by atoms with Gasteiger partial charge < -0.3 is 14.8 Å². The molecule has 0 saturated heterocycles. The van der Waals surface area contributed by atoms with Crippen molar-refractivity contribution in [2.24, 2.45) is 0 Å². The number of carbonyl (C=O) groups is 1. The third-order valence-corrected chi connectivity index (χ3v) is 1.84. The van der Waals surface area contributed by atoms with Crippen LogP contribution >= 0.6 is 0 Å². The van der Waals surface area contributed by atoms with Crippen LogP contribution in [0.25, 0.3) is 0 Å². The number of carbonyl (C=O) groups excluding carboxylic acids is 1. The molecule has 1 aromatic carbocycles. The van der Waals surface area contributed by atoms with Gasteiger partial charge in [-0.15, -0.1) is 0 Å². The van der Waals surface area contributed by atoms with Gasteiger partial charge in [0.25, 0.3) is 0 Å². The van der Waals surface area contributed by atoms with Crippen molar-refractivity contribution in [1.82, 2.24) is 5.32 Å². The molecule has 0 aromatic heterocycles. The predicted molar refractivity (Wildman–Crippen MR) is 56.7 cm³/mol. The molecule has 0 spiro atoms. The molecular formula is C11H15NO3. The van der Waals surface area contributed by atoms with Gasteiger partial charge in [-0.05, 0) is 17.7 Å². The van der Waals surface area contributed by atoms with E-state index < -0.39 is 0 Å². The topological polar surface area (TPSA) is 47.6 Å². The second kappa shape index (κ2) is 6.84. The summed E-state index contributed by atoms with van der Waals surface area (Å²) in [6, 6.07) is 7.59. The van der Waals surface area contributed by atoms with Gasteiger partial charge in [0.05, 0.1) is 6.61 Å². The molecule has 4 nitrogen and oxygen atoms in total. The molecule has 0 aliphatic heterocycles. The summed E-state index contributed by atoms with van der Waals surface area (Å²) in [5.41, 5.74) is 1.01. The minimum Gasteiger partial charge on any atom is -0.491 e. The molecule has 0 radical (unpaired) electrons. The Morgan fingerprint density at radius 2 is 2.27 bits per heavy atom. The highest BCUT2D eigenvalue weighted by atomic mass is 16.5. The van der Waals surface area contributed by atoms with Gasteiger partial charge in [0, 0.05) is 13.7 Å². The van der Waals surface area contributed by atoms with Crippen molar-refractivity contribution in [2.75, 3.05) is 20.3 Å². The molecule has 82 valence electrons. The van der Waals surface area contributed by atoms with E-state index in [9.17, 15) is 4.79 Å². The number of rotatable bonds is 7. The minimum atomic E-state index is 0.519. The largest absolute Gasteiger partial charge is 0.491 e. The van der Waals surface area contributed by atoms with Crippen molar-refractivity contribution in [3.05, 3.63) is 29.8 Å². The maximum absolute atomic E-state index is 10.1. The molecule has 4 heteroatoms. The second-order valence-electron chi connectivity index (χ2n) is 2.99. The normalized spacial score (nSPS) is 9.67. The highest BCUT2D eigenvalue weighted by molar-refractivity contribution is 5.46. The summed E-state index contributed by atoms with van der Waals surface area (Å²) in [5.74, 6) is 0.789. The molecule has 0 unspecified atom stereocenters. The van der Waals surface area contributed by atoms with Crippen LogP contribution in [0.15, 0.2) is 24.3 Å². The van der Waals surface area contributed by atoms with Gasteiger partial charge in [-0.2, -0.15) is 0 Å². The summed E-state index contributed by atoms with van der Waals surface area (Å²) in [5, 5.41) is 2.60. The Labute approximate surface area is 89.2 Å². The summed E-state index contributed by atoms with van der Waals surface area (Å²) in [6.45, 7) is 1.61. The lowest BCUT2D eigenvalue weighted by Crippen LogP contribution is -2.10. The number of hydrogen-bond acceptors (Lipinski definition) is 3. The molecule has 15 heavy (non-hydrogen) atoms. The molecule has 0 heterocycles. The van der Waals surface area contributed by atoms with Crippen LogP contribution in [0.2, 0.25) is 0 Å². The Morgan fingerprint density at radius 1 is 1.40 bits per heavy atom. The zero-order valence-corrected chi connectivity index (χ0v) is 8.73. The Hall–Kier alpha value is -1.55. The number of methoxy groups -OCH3 is 1. The average molecular weight is 209 g/mol. The summed E-state index contributed by atoms with van der Waals surface area (Å²) >= 11 is 0. The molecule has 0 aliphatic carbocycles. The number of benzene rings is 1. The maximum Gasteiger partial charge on any atom is 0.207 e. The fraction of sp³-hybridized carbons (Fsp3) is 0.364. The van der Waals surface area contributed by atoms with Crippen LogP contribution in [0.3, 0.4) is 0 Å². The number of nitrogens with one attached hydrogen (secondary N) is 1. The maximum atomic E-state index is 10.1. The third-order valence-electron chi connectivity index (χ3n) is 1.84. The van der Waals surface area contributed by atoms with Crippen LogP contribution in [0.1, 0.15) is 5.56 Å². The number of amides is 1. The van der Waals surface area contributed by atoms with E-state index in [0.29, 0.717) is 26.2 Å². The third kappa shape index (κ3) is 4.46. The Balaban J connectivity index is 2.46. The first-order valence-corrected chi connectivity index (χ1v) is 4.74. The molecule has 0 bridgehead atoms. The minimum absolute atomic E-state index is 0.519. The number of hydrogen-bond donors (Lipinski definition) is 1. The van der Waals surface area contributed by atoms with Crippen LogP contribution < -0.4 is 10.1 Å². The van der Waals surface area contributed by atoms with E-state index in [1.54, 1.807) is 7.11 Å². The molecule has 1 aromatic rings. The van der Waals surface area contributed by atoms with E-state index in [0.717, 1.165) is 11.3 Å². The lowest BCUT2D eigenvalue weighted by atomic mass is 10.2. The van der Waals surface area contributed by atoms with E-state index in [1.807, 2.05) is 24.3 Å². The zero-order valence-electron chi connectivity index (χ0n) is 8.73. The first kappa shape index (κ1) is 11.5. The van der Waals surface area contributed by atoms with Gasteiger partial charge in [-0.25, -0.2) is 0 Å². The van der Waals surface area contributed by atoms with Crippen molar-refractivity contribution in [2.45, 2.75) is 6.54 Å². The summed E-state index contributed by atoms with van der Waals surface area (Å²) in [6.07, 6.45) is 0.679. The van der Waals surface area contributed by atoms with Crippen molar-refractivity contribution in [3.63, 3.8) is 0 Å². The highest BCUT2D eigenvalue weighted by Crippen LogP contribution is 2.12. The van der Waals surface area contributed by atoms with Crippen LogP contribution in [-0.4, -0.2) is 26.7 Å². The molecule has 0 saturated carbocycles. The Morgan fingerprint density at radius 3 is 3.00 bits per heavy atom. The van der Waals surface area contributed by atoms with Gasteiger partial charge in [0.15, 0.2) is 0 Å². The highest BCUT2D eigenvalue weighted by Gasteiger charge is 1.96. The van der Waals surface area contributed by atoms with Crippen LogP contribution in [0, 0.1) is 0 Å². The predicted octanol–water partition coefficient (Wildman–Crippen LogP) is 0.958. The quantitative estimate of drug-likeness (QED) is 0.537. The monoisotopic (exact) mass is 209 g/mol. The molecule has 1 rings (SSSR count). The van der Waals surface area contributed by atoms with Gasteiger partial charge in [0.1, 0.15) is 12.4 Å². The molecule has 0 aliphatic rings. The molecule has 0 atom stereocenters. The van der Waals surface area contributed by atoms with Crippen LogP contribution in [0.5, 0.6) is 5.75 Å². The fourth-order valence-electron chi connectivity index (χ4n) is 1.15. The van der Waals surface area contributed by atoms with E-state index in [1.165, 1.54) is 0 Å². The lowest BCUT2D eigenvalue weighted by molar-refractivity contribution is -0.109. The fourth-order valence-corrected chi connectivity index (χ4v) is 1.15. The lowest BCUT2D eigenvalue weighted by Gasteiger charge is -2.07. The number of ether oxygens (including phenoxy) is 2. The van der Waals surface area contributed by atoms with E-state index >= 15 is 0 Å². The van der Waals surface area contributed by atoms with E-state index in [-0.39, 0.29) is 0 Å². The first-order valence-electron chi connectivity index (χ1n) is 4.74. The SMILES string of the molecule is COCCOc1cccc(CNC=O)c1. The smallest absolute Gasteiger partial charge is 0.207 e. The Bertz CT molecular complexity index is 302. The van der Waals surface area contributed by atoms with Crippen molar-refractivity contribution < 1.29 is 14.3 Å². The van der Waals surface area contributed by atoms with Gasteiger partial charge in [-0.3, -0.25) is 4.79 Å². The van der Waals surface area contributed by atoms with Crippen LogP contribution in [0.4, 0.5) is 0 Å². The van der Waals surface area contributed by atoms with E-state index in [4.69, 9.17) is 9.47 Å².